The smallest absolute Gasteiger partial charge is 0.324 e. The van der Waals surface area contributed by atoms with Gasteiger partial charge in [0.1, 0.15) is 5.75 Å². The number of imide groups is 1. The number of urea groups is 1. The molecule has 4 saturated carbocycles. The largest absolute Gasteiger partial charge is 0.497 e. The molecule has 1 aromatic carbocycles. The van der Waals surface area contributed by atoms with Gasteiger partial charge in [0.2, 0.25) is 5.91 Å². The van der Waals surface area contributed by atoms with Gasteiger partial charge in [0.15, 0.2) is 0 Å². The van der Waals surface area contributed by atoms with E-state index >= 15 is 0 Å². The fourth-order valence-corrected chi connectivity index (χ4v) is 6.72. The highest BCUT2D eigenvalue weighted by Gasteiger charge is 2.57. The number of hydrogen-bond donors (Lipinski definition) is 1. The minimum absolute atomic E-state index is 0.235. The van der Waals surface area contributed by atoms with Crippen molar-refractivity contribution in [2.45, 2.75) is 50.0 Å². The molecule has 0 saturated heterocycles. The number of rotatable bonds is 6. The van der Waals surface area contributed by atoms with Crippen LogP contribution in [0.1, 0.15) is 50.0 Å². The molecule has 0 aliphatic heterocycles. The van der Waals surface area contributed by atoms with Gasteiger partial charge in [0.05, 0.1) is 25.1 Å². The van der Waals surface area contributed by atoms with Gasteiger partial charge in [-0.05, 0) is 74.0 Å². The van der Waals surface area contributed by atoms with Crippen LogP contribution in [0, 0.1) is 17.8 Å². The molecule has 1 N–H and O–H groups in total. The van der Waals surface area contributed by atoms with Gasteiger partial charge in [-0.15, -0.1) is 0 Å². The van der Waals surface area contributed by atoms with E-state index in [0.717, 1.165) is 19.3 Å². The highest BCUT2D eigenvalue weighted by Crippen LogP contribution is 2.58. The number of carbonyl (C=O) groups excluding carboxylic acids is 2. The number of amides is 3. The molecule has 0 spiro atoms. The maximum absolute atomic E-state index is 13.9. The summed E-state index contributed by atoms with van der Waals surface area (Å²) in [6, 6.07) is 6.48. The predicted molar refractivity (Wildman–Crippen MR) is 114 cm³/mol. The molecule has 168 valence electrons. The van der Waals surface area contributed by atoms with Crippen LogP contribution in [-0.2, 0) is 15.3 Å². The van der Waals surface area contributed by atoms with E-state index < -0.39 is 28.0 Å². The van der Waals surface area contributed by atoms with Crippen LogP contribution in [-0.4, -0.2) is 51.5 Å². The summed E-state index contributed by atoms with van der Waals surface area (Å²) >= 11 is 0. The molecule has 0 radical (unpaired) electrons. The molecule has 9 heteroatoms. The first-order valence-electron chi connectivity index (χ1n) is 10.8. The van der Waals surface area contributed by atoms with Crippen molar-refractivity contribution in [1.82, 2.24) is 10.2 Å². The third-order valence-electron chi connectivity index (χ3n) is 7.30. The molecule has 5 rings (SSSR count). The topological polar surface area (TPSA) is 105 Å². The Hall–Kier alpha value is -2.42. The van der Waals surface area contributed by atoms with Crippen LogP contribution in [0.2, 0.25) is 0 Å². The van der Waals surface area contributed by atoms with Gasteiger partial charge in [0, 0.05) is 7.05 Å². The molecule has 1 atom stereocenters. The average molecular weight is 448 g/mol. The van der Waals surface area contributed by atoms with Crippen molar-refractivity contribution >= 4 is 22.4 Å². The molecule has 4 aliphatic carbocycles. The number of nitrogens with one attached hydrogen (secondary N) is 1. The zero-order valence-corrected chi connectivity index (χ0v) is 18.7. The maximum Gasteiger partial charge on any atom is 0.324 e. The Bertz CT molecular complexity index is 946. The Kier molecular flexibility index (Phi) is 6.05. The lowest BCUT2D eigenvalue weighted by Crippen LogP contribution is -2.65. The molecule has 8 nitrogen and oxygen atoms in total. The lowest BCUT2D eigenvalue weighted by molar-refractivity contribution is -0.144. The lowest BCUT2D eigenvalue weighted by atomic mass is 9.52. The highest BCUT2D eigenvalue weighted by atomic mass is 32.2. The van der Waals surface area contributed by atoms with Gasteiger partial charge >= 0.3 is 16.5 Å². The van der Waals surface area contributed by atoms with E-state index in [1.807, 2.05) is 0 Å². The monoisotopic (exact) mass is 447 g/mol. The van der Waals surface area contributed by atoms with E-state index in [1.165, 1.54) is 31.2 Å². The second kappa shape index (κ2) is 8.61. The first kappa shape index (κ1) is 21.8. The Morgan fingerprint density at radius 1 is 1.13 bits per heavy atom. The van der Waals surface area contributed by atoms with E-state index in [4.69, 9.17) is 4.74 Å². The van der Waals surface area contributed by atoms with Crippen LogP contribution >= 0.6 is 0 Å². The number of benzene rings is 1. The van der Waals surface area contributed by atoms with E-state index in [1.54, 1.807) is 31.4 Å². The normalized spacial score (nSPS) is 29.2. The van der Waals surface area contributed by atoms with Crippen LogP contribution in [0.3, 0.4) is 0 Å². The number of hydrogen-bond acceptors (Lipinski definition) is 6. The quantitative estimate of drug-likeness (QED) is 0.722. The Morgan fingerprint density at radius 2 is 1.68 bits per heavy atom. The van der Waals surface area contributed by atoms with Gasteiger partial charge in [-0.2, -0.15) is 12.8 Å². The summed E-state index contributed by atoms with van der Waals surface area (Å²) in [6.45, 7) is -0.235. The standard InChI is InChI=1S/C22H29N3O5S/c1-23-21(27)25(22-10-14-7-15(11-22)9-16(8-14)12-22)20(26)19(13-24-31(28)29)17-3-5-18(30-2)6-4-17/h3-6,14-16,19H,7-13H2,1-2H3,(H,23,27). The van der Waals surface area contributed by atoms with Crippen LogP contribution in [0.5, 0.6) is 5.75 Å². The lowest BCUT2D eigenvalue weighted by Gasteiger charge is -2.59. The third-order valence-corrected chi connectivity index (χ3v) is 7.66. The molecule has 0 aromatic heterocycles. The van der Waals surface area contributed by atoms with Gasteiger partial charge < -0.3 is 10.1 Å². The molecule has 0 heterocycles. The molecule has 4 aliphatic rings. The number of methoxy groups -OCH3 is 1. The second-order valence-corrected chi connectivity index (χ2v) is 9.92. The highest BCUT2D eigenvalue weighted by molar-refractivity contribution is 7.61. The molecule has 4 fully saturated rings. The SMILES string of the molecule is CNC(=O)N(C(=O)C(CN=S(=O)=O)c1ccc(OC)cc1)C12CC3CC(CC(C3)C1)C2. The Labute approximate surface area is 184 Å². The fourth-order valence-electron chi connectivity index (χ4n) is 6.45. The third kappa shape index (κ3) is 4.20. The average Bonchev–Trinajstić information content (AvgIpc) is 2.73. The number of ether oxygens (including phenoxy) is 1. The van der Waals surface area contributed by atoms with Crippen molar-refractivity contribution in [2.75, 3.05) is 20.7 Å². The van der Waals surface area contributed by atoms with Crippen LogP contribution in [0.25, 0.3) is 0 Å². The first-order chi connectivity index (χ1) is 14.8. The molecule has 31 heavy (non-hydrogen) atoms. The van der Waals surface area contributed by atoms with Crippen molar-refractivity contribution in [2.24, 2.45) is 22.1 Å². The van der Waals surface area contributed by atoms with Crippen LogP contribution < -0.4 is 10.1 Å². The van der Waals surface area contributed by atoms with Gasteiger partial charge in [-0.3, -0.25) is 9.69 Å². The summed E-state index contributed by atoms with van der Waals surface area (Å²) < 4.78 is 31.1. The molecule has 3 amide bonds. The molecule has 4 bridgehead atoms. The maximum atomic E-state index is 13.9. The van der Waals surface area contributed by atoms with Gasteiger partial charge in [-0.1, -0.05) is 12.1 Å². The zero-order chi connectivity index (χ0) is 22.2. The Morgan fingerprint density at radius 3 is 2.13 bits per heavy atom. The van der Waals surface area contributed by atoms with Crippen LogP contribution in [0.15, 0.2) is 28.6 Å². The first-order valence-corrected chi connectivity index (χ1v) is 11.8. The van der Waals surface area contributed by atoms with Crippen molar-refractivity contribution in [1.29, 1.82) is 0 Å². The molecule has 1 unspecified atom stereocenters. The van der Waals surface area contributed by atoms with Crippen molar-refractivity contribution in [3.8, 4) is 5.75 Å². The molecular weight excluding hydrogens is 418 g/mol. The fraction of sp³-hybridized carbons (Fsp3) is 0.636. The molecular formula is C22H29N3O5S. The van der Waals surface area contributed by atoms with Crippen molar-refractivity contribution in [3.63, 3.8) is 0 Å². The summed E-state index contributed by atoms with van der Waals surface area (Å²) in [7, 11) is 0.441. The van der Waals surface area contributed by atoms with E-state index in [2.05, 4.69) is 9.68 Å². The summed E-state index contributed by atoms with van der Waals surface area (Å²) in [5.41, 5.74) is 0.117. The Balaban J connectivity index is 1.72. The second-order valence-electron chi connectivity index (χ2n) is 9.23. The summed E-state index contributed by atoms with van der Waals surface area (Å²) in [4.78, 5) is 28.4. The number of nitrogens with zero attached hydrogens (tertiary/aromatic N) is 2. The molecule has 1 aromatic rings. The van der Waals surface area contributed by atoms with Gasteiger partial charge in [0.25, 0.3) is 0 Å². The summed E-state index contributed by atoms with van der Waals surface area (Å²) in [5.74, 6) is 1.01. The predicted octanol–water partition coefficient (Wildman–Crippen LogP) is 2.98. The number of carbonyl (C=O) groups is 2. The van der Waals surface area contributed by atoms with Gasteiger partial charge in [-0.25, -0.2) is 4.79 Å². The van der Waals surface area contributed by atoms with E-state index in [-0.39, 0.29) is 12.5 Å². The minimum Gasteiger partial charge on any atom is -0.497 e. The van der Waals surface area contributed by atoms with Crippen molar-refractivity contribution < 1.29 is 22.7 Å². The minimum atomic E-state index is -2.64. The van der Waals surface area contributed by atoms with Crippen molar-refractivity contribution in [3.05, 3.63) is 29.8 Å². The summed E-state index contributed by atoms with van der Waals surface area (Å²) in [6.07, 6.45) is 6.04. The zero-order valence-electron chi connectivity index (χ0n) is 17.9. The van der Waals surface area contributed by atoms with E-state index in [9.17, 15) is 18.0 Å². The summed E-state index contributed by atoms with van der Waals surface area (Å²) in [5, 5.41) is 2.65. The van der Waals surface area contributed by atoms with E-state index in [0.29, 0.717) is 29.1 Å². The van der Waals surface area contributed by atoms with Crippen LogP contribution in [0.4, 0.5) is 4.79 Å².